The highest BCUT2D eigenvalue weighted by Crippen LogP contribution is 2.24. The largest absolute Gasteiger partial charge is 0.340 e. The molecule has 0 spiro atoms. The zero-order chi connectivity index (χ0) is 16.7. The van der Waals surface area contributed by atoms with Crippen LogP contribution < -0.4 is 10.6 Å². The zero-order valence-corrected chi connectivity index (χ0v) is 14.4. The Bertz CT molecular complexity index is 654. The summed E-state index contributed by atoms with van der Waals surface area (Å²) in [6.45, 7) is 5.01. The lowest BCUT2D eigenvalue weighted by molar-refractivity contribution is -0.676. The lowest BCUT2D eigenvalue weighted by Gasteiger charge is -2.15. The van der Waals surface area contributed by atoms with Gasteiger partial charge in [-0.2, -0.15) is 0 Å². The summed E-state index contributed by atoms with van der Waals surface area (Å²) in [6, 6.07) is 13.0. The molecule has 1 aromatic heterocycles. The van der Waals surface area contributed by atoms with Crippen LogP contribution in [0.15, 0.2) is 41.8 Å². The molecule has 0 aliphatic rings. The number of nitrogens with one attached hydrogen (secondary N) is 1. The number of carbonyl (C=O) groups is 1. The number of terminal acetylenes is 1. The Morgan fingerprint density at radius 3 is 2.52 bits per heavy atom. The lowest BCUT2D eigenvalue weighted by Crippen LogP contribution is -2.87. The van der Waals surface area contributed by atoms with Crippen LogP contribution in [0.2, 0.25) is 0 Å². The first-order chi connectivity index (χ1) is 11.1. The summed E-state index contributed by atoms with van der Waals surface area (Å²) in [5, 5.41) is 6.83. The predicted molar refractivity (Wildman–Crippen MR) is 95.3 cm³/mol. The van der Waals surface area contributed by atoms with E-state index in [4.69, 9.17) is 6.42 Å². The van der Waals surface area contributed by atoms with Gasteiger partial charge in [0.25, 0.3) is 5.91 Å². The van der Waals surface area contributed by atoms with Crippen molar-refractivity contribution in [2.45, 2.75) is 25.8 Å². The zero-order valence-electron chi connectivity index (χ0n) is 13.6. The minimum absolute atomic E-state index is 0.0386. The Morgan fingerprint density at radius 2 is 1.96 bits per heavy atom. The van der Waals surface area contributed by atoms with E-state index >= 15 is 0 Å². The number of quaternary nitrogens is 1. The Balaban J connectivity index is 2.12. The van der Waals surface area contributed by atoms with E-state index in [1.807, 2.05) is 6.07 Å². The van der Waals surface area contributed by atoms with Crippen LogP contribution in [0, 0.1) is 12.3 Å². The summed E-state index contributed by atoms with van der Waals surface area (Å²) in [4.78, 5) is 13.1. The standard InChI is InChI=1S/C19H22N2OS/c1-4-11-20-18(22)13-21-19(17-6-5-12-23-17)16-9-7-15(8-10-16)14(2)3/h1,5-10,12,14,19,21H,11,13H2,2-3H3,(H,20,22)/p+1/t19-/m1/s1. The van der Waals surface area contributed by atoms with E-state index in [1.165, 1.54) is 16.0 Å². The Hall–Kier alpha value is -2.09. The van der Waals surface area contributed by atoms with E-state index in [0.29, 0.717) is 12.5 Å². The second kappa shape index (κ2) is 8.52. The summed E-state index contributed by atoms with van der Waals surface area (Å²) < 4.78 is 0. The van der Waals surface area contributed by atoms with Gasteiger partial charge in [0.1, 0.15) is 6.04 Å². The molecule has 23 heavy (non-hydrogen) atoms. The Morgan fingerprint density at radius 1 is 1.26 bits per heavy atom. The molecule has 0 fully saturated rings. The average Bonchev–Trinajstić information content (AvgIpc) is 3.08. The van der Waals surface area contributed by atoms with E-state index in [-0.39, 0.29) is 18.5 Å². The highest BCUT2D eigenvalue weighted by Gasteiger charge is 2.20. The van der Waals surface area contributed by atoms with E-state index in [9.17, 15) is 4.79 Å². The highest BCUT2D eigenvalue weighted by atomic mass is 32.1. The molecule has 2 rings (SSSR count). The van der Waals surface area contributed by atoms with E-state index in [2.05, 4.69) is 66.1 Å². The van der Waals surface area contributed by atoms with Crippen molar-refractivity contribution >= 4 is 17.2 Å². The number of nitrogens with two attached hydrogens (primary N) is 1. The molecule has 3 nitrogen and oxygen atoms in total. The molecule has 0 unspecified atom stereocenters. The van der Waals surface area contributed by atoms with Crippen molar-refractivity contribution < 1.29 is 10.1 Å². The molecule has 0 saturated heterocycles. The molecular weight excluding hydrogens is 304 g/mol. The van der Waals surface area contributed by atoms with Crippen LogP contribution >= 0.6 is 11.3 Å². The smallest absolute Gasteiger partial charge is 0.275 e. The summed E-state index contributed by atoms with van der Waals surface area (Å²) in [5.74, 6) is 2.90. The van der Waals surface area contributed by atoms with Crippen LogP contribution in [0.4, 0.5) is 0 Å². The lowest BCUT2D eigenvalue weighted by atomic mass is 9.98. The van der Waals surface area contributed by atoms with Crippen LogP contribution in [0.5, 0.6) is 0 Å². The number of hydrogen-bond acceptors (Lipinski definition) is 2. The van der Waals surface area contributed by atoms with Crippen LogP contribution in [-0.4, -0.2) is 19.0 Å². The third kappa shape index (κ3) is 4.95. The summed E-state index contributed by atoms with van der Waals surface area (Å²) in [7, 11) is 0. The number of hydrogen-bond donors (Lipinski definition) is 2. The van der Waals surface area contributed by atoms with Gasteiger partial charge in [0.2, 0.25) is 0 Å². The third-order valence-electron chi connectivity index (χ3n) is 3.74. The molecule has 1 amide bonds. The number of rotatable bonds is 7. The van der Waals surface area contributed by atoms with Crippen molar-refractivity contribution in [1.29, 1.82) is 0 Å². The fourth-order valence-corrected chi connectivity index (χ4v) is 3.27. The van der Waals surface area contributed by atoms with E-state index < -0.39 is 0 Å². The molecule has 4 heteroatoms. The molecule has 0 aliphatic heterocycles. The minimum Gasteiger partial charge on any atom is -0.340 e. The normalized spacial score (nSPS) is 11.9. The maximum absolute atomic E-state index is 11.8. The van der Waals surface area contributed by atoms with Crippen LogP contribution in [0.25, 0.3) is 0 Å². The number of benzene rings is 1. The van der Waals surface area contributed by atoms with Crippen LogP contribution in [0.3, 0.4) is 0 Å². The van der Waals surface area contributed by atoms with Gasteiger partial charge in [-0.1, -0.05) is 50.1 Å². The monoisotopic (exact) mass is 327 g/mol. The molecule has 1 heterocycles. The summed E-state index contributed by atoms with van der Waals surface area (Å²) in [5.41, 5.74) is 2.53. The van der Waals surface area contributed by atoms with Gasteiger partial charge >= 0.3 is 0 Å². The number of amides is 1. The van der Waals surface area contributed by atoms with Gasteiger partial charge < -0.3 is 10.6 Å². The van der Waals surface area contributed by atoms with Gasteiger partial charge in [-0.05, 0) is 22.9 Å². The Kier molecular flexibility index (Phi) is 6.40. The SMILES string of the molecule is C#CCNC(=O)C[NH2+][C@H](c1ccc(C(C)C)cc1)c1cccs1. The van der Waals surface area contributed by atoms with Crippen molar-refractivity contribution in [2.24, 2.45) is 0 Å². The first-order valence-electron chi connectivity index (χ1n) is 7.78. The van der Waals surface area contributed by atoms with Gasteiger partial charge in [-0.15, -0.1) is 17.8 Å². The summed E-state index contributed by atoms with van der Waals surface area (Å²) in [6.07, 6.45) is 5.17. The van der Waals surface area contributed by atoms with Gasteiger partial charge in [-0.3, -0.25) is 4.79 Å². The number of thiophene rings is 1. The maximum atomic E-state index is 11.8. The fraction of sp³-hybridized carbons (Fsp3) is 0.316. The quantitative estimate of drug-likeness (QED) is 0.753. The molecule has 0 aliphatic carbocycles. The summed E-state index contributed by atoms with van der Waals surface area (Å²) >= 11 is 1.71. The molecular formula is C19H23N2OS+. The minimum atomic E-state index is -0.0386. The van der Waals surface area contributed by atoms with Gasteiger partial charge in [0.15, 0.2) is 6.54 Å². The van der Waals surface area contributed by atoms with Crippen molar-refractivity contribution in [1.82, 2.24) is 5.32 Å². The molecule has 1 aromatic carbocycles. The first-order valence-corrected chi connectivity index (χ1v) is 8.66. The highest BCUT2D eigenvalue weighted by molar-refractivity contribution is 7.10. The van der Waals surface area contributed by atoms with E-state index in [1.54, 1.807) is 11.3 Å². The fourth-order valence-electron chi connectivity index (χ4n) is 2.42. The molecule has 0 bridgehead atoms. The van der Waals surface area contributed by atoms with Crippen molar-refractivity contribution in [2.75, 3.05) is 13.1 Å². The van der Waals surface area contributed by atoms with Gasteiger partial charge in [-0.25, -0.2) is 0 Å². The van der Waals surface area contributed by atoms with Crippen molar-refractivity contribution in [3.8, 4) is 12.3 Å². The topological polar surface area (TPSA) is 45.7 Å². The van der Waals surface area contributed by atoms with Crippen molar-refractivity contribution in [3.63, 3.8) is 0 Å². The maximum Gasteiger partial charge on any atom is 0.275 e. The average molecular weight is 327 g/mol. The third-order valence-corrected chi connectivity index (χ3v) is 4.69. The van der Waals surface area contributed by atoms with Gasteiger partial charge in [0, 0.05) is 5.56 Å². The molecule has 0 radical (unpaired) electrons. The predicted octanol–water partition coefficient (Wildman–Crippen LogP) is 2.27. The molecule has 3 N–H and O–H groups in total. The first kappa shape index (κ1) is 17.3. The second-order valence-electron chi connectivity index (χ2n) is 5.74. The van der Waals surface area contributed by atoms with E-state index in [0.717, 1.165) is 0 Å². The molecule has 120 valence electrons. The van der Waals surface area contributed by atoms with Crippen molar-refractivity contribution in [3.05, 3.63) is 57.8 Å². The molecule has 0 saturated carbocycles. The second-order valence-corrected chi connectivity index (χ2v) is 6.71. The molecule has 2 aromatic rings. The van der Waals surface area contributed by atoms with Gasteiger partial charge in [0.05, 0.1) is 11.4 Å². The van der Waals surface area contributed by atoms with Crippen LogP contribution in [-0.2, 0) is 4.79 Å². The number of carbonyl (C=O) groups excluding carboxylic acids is 1. The van der Waals surface area contributed by atoms with Crippen LogP contribution in [0.1, 0.15) is 41.8 Å². The Labute approximate surface area is 142 Å². The molecule has 1 atom stereocenters.